The molecular formula is C20H29ClN2O3S. The maximum Gasteiger partial charge on any atom is 0.266 e. The molecule has 2 aliphatic rings. The summed E-state index contributed by atoms with van der Waals surface area (Å²) in [6.07, 6.45) is 1.02. The van der Waals surface area contributed by atoms with Crippen LogP contribution in [0.3, 0.4) is 0 Å². The van der Waals surface area contributed by atoms with Gasteiger partial charge in [0.25, 0.3) is 5.91 Å². The van der Waals surface area contributed by atoms with Crippen molar-refractivity contribution < 1.29 is 14.3 Å². The zero-order chi connectivity index (χ0) is 19.3. The Morgan fingerprint density at radius 1 is 1.26 bits per heavy atom. The summed E-state index contributed by atoms with van der Waals surface area (Å²) in [4.78, 5) is 17.9. The SMILES string of the molecule is CC(C)(Oc1ccc(Cl)cc1)C(=O)N1CCCSC[C@@H]1CN1CCOCC1. The molecule has 0 radical (unpaired) electrons. The fraction of sp³-hybridized carbons (Fsp3) is 0.650. The van der Waals surface area contributed by atoms with Gasteiger partial charge in [-0.2, -0.15) is 11.8 Å². The Morgan fingerprint density at radius 2 is 1.96 bits per heavy atom. The number of carbonyl (C=O) groups excluding carboxylic acids is 1. The summed E-state index contributed by atoms with van der Waals surface area (Å²) in [6, 6.07) is 7.38. The van der Waals surface area contributed by atoms with Crippen LogP contribution in [0.4, 0.5) is 0 Å². The summed E-state index contributed by atoms with van der Waals surface area (Å²) in [7, 11) is 0. The molecule has 0 N–H and O–H groups in total. The van der Waals surface area contributed by atoms with E-state index in [-0.39, 0.29) is 11.9 Å². The van der Waals surface area contributed by atoms with Crippen LogP contribution in [0.1, 0.15) is 20.3 Å². The van der Waals surface area contributed by atoms with Crippen LogP contribution in [0, 0.1) is 0 Å². The van der Waals surface area contributed by atoms with Gasteiger partial charge >= 0.3 is 0 Å². The van der Waals surface area contributed by atoms with Gasteiger partial charge in [0.05, 0.1) is 19.3 Å². The molecule has 0 aliphatic carbocycles. The number of nitrogens with zero attached hydrogens (tertiary/aromatic N) is 2. The maximum absolute atomic E-state index is 13.4. The van der Waals surface area contributed by atoms with Crippen molar-refractivity contribution in [3.05, 3.63) is 29.3 Å². The standard InChI is InChI=1S/C20H29ClN2O3S/c1-20(2,26-18-6-4-16(21)5-7-18)19(24)23-8-3-13-27-15-17(23)14-22-9-11-25-12-10-22/h4-7,17H,3,8-15H2,1-2H3/t17-/m0/s1. The highest BCUT2D eigenvalue weighted by molar-refractivity contribution is 7.99. The summed E-state index contributed by atoms with van der Waals surface area (Å²) in [5.74, 6) is 2.78. The fourth-order valence-corrected chi connectivity index (χ4v) is 4.70. The van der Waals surface area contributed by atoms with Gasteiger partial charge in [-0.15, -0.1) is 0 Å². The molecule has 0 bridgehead atoms. The molecule has 0 unspecified atom stereocenters. The van der Waals surface area contributed by atoms with Gasteiger partial charge in [0.15, 0.2) is 5.60 Å². The molecule has 2 fully saturated rings. The van der Waals surface area contributed by atoms with Crippen molar-refractivity contribution >= 4 is 29.3 Å². The van der Waals surface area contributed by atoms with Crippen LogP contribution < -0.4 is 4.74 Å². The number of amides is 1. The molecule has 0 aromatic heterocycles. The van der Waals surface area contributed by atoms with E-state index < -0.39 is 5.60 Å². The molecule has 7 heteroatoms. The molecule has 5 nitrogen and oxygen atoms in total. The van der Waals surface area contributed by atoms with Crippen molar-refractivity contribution in [3.63, 3.8) is 0 Å². The number of rotatable bonds is 5. The molecule has 2 heterocycles. The molecule has 2 saturated heterocycles. The van der Waals surface area contributed by atoms with E-state index in [2.05, 4.69) is 4.90 Å². The van der Waals surface area contributed by atoms with Gasteiger partial charge in [-0.25, -0.2) is 0 Å². The summed E-state index contributed by atoms with van der Waals surface area (Å²) < 4.78 is 11.5. The summed E-state index contributed by atoms with van der Waals surface area (Å²) in [5.41, 5.74) is -0.925. The second kappa shape index (κ2) is 9.50. The molecule has 1 aromatic carbocycles. The first-order chi connectivity index (χ1) is 13.0. The third-order valence-corrected chi connectivity index (χ3v) is 6.42. The zero-order valence-electron chi connectivity index (χ0n) is 16.2. The highest BCUT2D eigenvalue weighted by atomic mass is 35.5. The maximum atomic E-state index is 13.4. The average molecular weight is 413 g/mol. The smallest absolute Gasteiger partial charge is 0.266 e. The third kappa shape index (κ3) is 5.76. The van der Waals surface area contributed by atoms with E-state index in [0.29, 0.717) is 10.8 Å². The van der Waals surface area contributed by atoms with Gasteiger partial charge in [0.1, 0.15) is 5.75 Å². The lowest BCUT2D eigenvalue weighted by Gasteiger charge is -2.39. The Balaban J connectivity index is 1.70. The number of thioether (sulfide) groups is 1. The predicted molar refractivity (Wildman–Crippen MR) is 111 cm³/mol. The number of benzene rings is 1. The van der Waals surface area contributed by atoms with Gasteiger partial charge in [-0.3, -0.25) is 9.69 Å². The van der Waals surface area contributed by atoms with E-state index in [1.165, 1.54) is 0 Å². The first-order valence-corrected chi connectivity index (χ1v) is 11.1. The largest absolute Gasteiger partial charge is 0.478 e. The molecule has 1 atom stereocenters. The molecule has 1 aromatic rings. The third-order valence-electron chi connectivity index (χ3n) is 4.97. The number of ether oxygens (including phenoxy) is 2. The molecule has 2 aliphatic heterocycles. The number of hydrogen-bond acceptors (Lipinski definition) is 5. The highest BCUT2D eigenvalue weighted by Crippen LogP contribution is 2.26. The second-order valence-electron chi connectivity index (χ2n) is 7.56. The molecule has 0 saturated carbocycles. The number of carbonyl (C=O) groups is 1. The van der Waals surface area contributed by atoms with E-state index in [1.54, 1.807) is 24.3 Å². The minimum Gasteiger partial charge on any atom is -0.478 e. The second-order valence-corrected chi connectivity index (χ2v) is 9.15. The van der Waals surface area contributed by atoms with Crippen molar-refractivity contribution in [1.29, 1.82) is 0 Å². The average Bonchev–Trinajstić information content (AvgIpc) is 2.89. The Kier molecular flexibility index (Phi) is 7.31. The Hall–Kier alpha value is -0.950. The van der Waals surface area contributed by atoms with Crippen LogP contribution in [0.25, 0.3) is 0 Å². The first-order valence-electron chi connectivity index (χ1n) is 9.59. The minimum absolute atomic E-state index is 0.0539. The van der Waals surface area contributed by atoms with Gasteiger partial charge in [0, 0.05) is 37.0 Å². The quantitative estimate of drug-likeness (QED) is 0.743. The van der Waals surface area contributed by atoms with Crippen molar-refractivity contribution in [3.8, 4) is 5.75 Å². The summed E-state index contributed by atoms with van der Waals surface area (Å²) >= 11 is 7.89. The van der Waals surface area contributed by atoms with Crippen molar-refractivity contribution in [2.24, 2.45) is 0 Å². The normalized spacial score (nSPS) is 22.3. The molecular weight excluding hydrogens is 384 g/mol. The van der Waals surface area contributed by atoms with Gasteiger partial charge < -0.3 is 14.4 Å². The van der Waals surface area contributed by atoms with E-state index in [0.717, 1.165) is 57.3 Å². The van der Waals surface area contributed by atoms with E-state index in [1.807, 2.05) is 30.5 Å². The first kappa shape index (κ1) is 20.8. The molecule has 1 amide bonds. The molecule has 3 rings (SSSR count). The predicted octanol–water partition coefficient (Wildman–Crippen LogP) is 3.16. The Bertz CT molecular complexity index is 620. The van der Waals surface area contributed by atoms with Crippen molar-refractivity contribution in [1.82, 2.24) is 9.80 Å². The van der Waals surface area contributed by atoms with E-state index in [4.69, 9.17) is 21.1 Å². The lowest BCUT2D eigenvalue weighted by Crippen LogP contribution is -2.56. The van der Waals surface area contributed by atoms with Crippen LogP contribution in [-0.2, 0) is 9.53 Å². The van der Waals surface area contributed by atoms with Gasteiger partial charge in [-0.05, 0) is 50.3 Å². The van der Waals surface area contributed by atoms with Crippen LogP contribution in [0.15, 0.2) is 24.3 Å². The topological polar surface area (TPSA) is 42.0 Å². The molecule has 150 valence electrons. The van der Waals surface area contributed by atoms with E-state index >= 15 is 0 Å². The summed E-state index contributed by atoms with van der Waals surface area (Å²) in [5, 5.41) is 0.654. The number of morpholine rings is 1. The number of halogens is 1. The fourth-order valence-electron chi connectivity index (χ4n) is 3.52. The van der Waals surface area contributed by atoms with Crippen LogP contribution in [-0.4, -0.2) is 78.2 Å². The van der Waals surface area contributed by atoms with Crippen LogP contribution in [0.2, 0.25) is 5.02 Å². The van der Waals surface area contributed by atoms with E-state index in [9.17, 15) is 4.79 Å². The lowest BCUT2D eigenvalue weighted by atomic mass is 10.1. The van der Waals surface area contributed by atoms with Crippen LogP contribution in [0.5, 0.6) is 5.75 Å². The van der Waals surface area contributed by atoms with Crippen molar-refractivity contribution in [2.75, 3.05) is 50.9 Å². The zero-order valence-corrected chi connectivity index (χ0v) is 17.7. The lowest BCUT2D eigenvalue weighted by molar-refractivity contribution is -0.148. The van der Waals surface area contributed by atoms with Crippen molar-refractivity contribution in [2.45, 2.75) is 31.9 Å². The molecule has 27 heavy (non-hydrogen) atoms. The monoisotopic (exact) mass is 412 g/mol. The Morgan fingerprint density at radius 3 is 2.67 bits per heavy atom. The molecule has 0 spiro atoms. The summed E-state index contributed by atoms with van der Waals surface area (Å²) in [6.45, 7) is 8.83. The van der Waals surface area contributed by atoms with Gasteiger partial charge in [-0.1, -0.05) is 11.6 Å². The highest BCUT2D eigenvalue weighted by Gasteiger charge is 2.38. The minimum atomic E-state index is -0.925. The van der Waals surface area contributed by atoms with Gasteiger partial charge in [0.2, 0.25) is 0 Å². The Labute approximate surface area is 171 Å². The van der Waals surface area contributed by atoms with Crippen LogP contribution >= 0.6 is 23.4 Å². The number of hydrogen-bond donors (Lipinski definition) is 0.